The largest absolute Gasteiger partial charge is 0.487 e. The summed E-state index contributed by atoms with van der Waals surface area (Å²) < 4.78 is 10.2. The van der Waals surface area contributed by atoms with Gasteiger partial charge in [-0.1, -0.05) is 17.7 Å². The van der Waals surface area contributed by atoms with Crippen LogP contribution in [0.25, 0.3) is 0 Å². The van der Waals surface area contributed by atoms with Crippen molar-refractivity contribution in [1.29, 1.82) is 0 Å². The van der Waals surface area contributed by atoms with Crippen molar-refractivity contribution in [3.05, 3.63) is 68.7 Å². The molecule has 0 radical (unpaired) electrons. The van der Waals surface area contributed by atoms with Gasteiger partial charge < -0.3 is 9.47 Å². The summed E-state index contributed by atoms with van der Waals surface area (Å²) in [7, 11) is 1.35. The number of ether oxygens (including phenoxy) is 2. The highest BCUT2D eigenvalue weighted by Gasteiger charge is 2.08. The van der Waals surface area contributed by atoms with E-state index in [0.717, 1.165) is 11.1 Å². The minimum absolute atomic E-state index is 0.0340. The number of aryl methyl sites for hydroxylation is 1. The summed E-state index contributed by atoms with van der Waals surface area (Å²) in [6, 6.07) is 11.4. The number of hydrogen-bond acceptors (Lipinski definition) is 5. The molecule has 0 unspecified atom stereocenters. The van der Waals surface area contributed by atoms with E-state index in [1.165, 1.54) is 19.2 Å². The molecule has 0 bridgehead atoms. The van der Waals surface area contributed by atoms with Crippen LogP contribution in [0.5, 0.6) is 5.75 Å². The van der Waals surface area contributed by atoms with Gasteiger partial charge in [0, 0.05) is 18.6 Å². The topological polar surface area (TPSA) is 78.7 Å². The lowest BCUT2D eigenvalue weighted by Gasteiger charge is -2.09. The molecular weight excluding hydrogens is 334 g/mol. The molecule has 0 aliphatic rings. The van der Waals surface area contributed by atoms with E-state index in [9.17, 15) is 14.9 Å². The summed E-state index contributed by atoms with van der Waals surface area (Å²) in [6.07, 6.45) is 0.824. The summed E-state index contributed by atoms with van der Waals surface area (Å²) >= 11 is 6.18. The Kier molecular flexibility index (Phi) is 6.14. The molecule has 2 aromatic rings. The Morgan fingerprint density at radius 2 is 1.83 bits per heavy atom. The molecule has 0 aromatic heterocycles. The van der Waals surface area contributed by atoms with Crippen molar-refractivity contribution in [3.8, 4) is 5.75 Å². The second-order valence-electron chi connectivity index (χ2n) is 5.05. The number of benzene rings is 2. The van der Waals surface area contributed by atoms with E-state index < -0.39 is 4.92 Å². The van der Waals surface area contributed by atoms with Gasteiger partial charge in [0.2, 0.25) is 0 Å². The lowest BCUT2D eigenvalue weighted by Crippen LogP contribution is -2.02. The zero-order valence-corrected chi connectivity index (χ0v) is 13.8. The minimum Gasteiger partial charge on any atom is -0.487 e. The Morgan fingerprint density at radius 3 is 2.42 bits per heavy atom. The first kappa shape index (κ1) is 17.7. The fraction of sp³-hybridized carbons (Fsp3) is 0.235. The fourth-order valence-electron chi connectivity index (χ4n) is 2.04. The second kappa shape index (κ2) is 8.31. The van der Waals surface area contributed by atoms with Crippen LogP contribution in [0.15, 0.2) is 42.5 Å². The Hall–Kier alpha value is -2.60. The predicted molar refractivity (Wildman–Crippen MR) is 89.2 cm³/mol. The van der Waals surface area contributed by atoms with Gasteiger partial charge >= 0.3 is 5.97 Å². The molecule has 0 saturated heterocycles. The van der Waals surface area contributed by atoms with Gasteiger partial charge in [-0.05, 0) is 41.8 Å². The van der Waals surface area contributed by atoms with Gasteiger partial charge in [-0.25, -0.2) is 0 Å². The zero-order valence-electron chi connectivity index (χ0n) is 13.0. The maximum atomic E-state index is 11.1. The number of halogens is 1. The summed E-state index contributed by atoms with van der Waals surface area (Å²) in [5.74, 6) is 0.237. The maximum absolute atomic E-state index is 11.1. The molecular formula is C17H16ClNO5. The molecule has 0 atom stereocenters. The van der Waals surface area contributed by atoms with Crippen molar-refractivity contribution in [2.75, 3.05) is 7.11 Å². The lowest BCUT2D eigenvalue weighted by atomic mass is 10.1. The number of carbonyl (C=O) groups is 1. The molecule has 0 aliphatic heterocycles. The normalized spacial score (nSPS) is 10.2. The molecule has 0 heterocycles. The molecule has 0 amide bonds. The molecule has 6 nitrogen and oxygen atoms in total. The maximum Gasteiger partial charge on any atom is 0.305 e. The summed E-state index contributed by atoms with van der Waals surface area (Å²) in [6.45, 7) is 0.249. The third-order valence-corrected chi connectivity index (χ3v) is 3.68. The molecule has 24 heavy (non-hydrogen) atoms. The van der Waals surface area contributed by atoms with Crippen LogP contribution in [0, 0.1) is 10.1 Å². The van der Waals surface area contributed by atoms with Crippen molar-refractivity contribution < 1.29 is 19.2 Å². The number of nitro groups is 1. The van der Waals surface area contributed by atoms with Crippen LogP contribution in [-0.4, -0.2) is 18.0 Å². The van der Waals surface area contributed by atoms with E-state index in [0.29, 0.717) is 17.2 Å². The molecule has 2 rings (SSSR count). The average molecular weight is 350 g/mol. The number of methoxy groups -OCH3 is 1. The Bertz CT molecular complexity index is 730. The van der Waals surface area contributed by atoms with Gasteiger partial charge in [-0.3, -0.25) is 14.9 Å². The van der Waals surface area contributed by atoms with Crippen LogP contribution in [0.1, 0.15) is 17.5 Å². The molecule has 0 fully saturated rings. The first-order valence-corrected chi connectivity index (χ1v) is 7.59. The summed E-state index contributed by atoms with van der Waals surface area (Å²) in [5, 5.41) is 11.1. The SMILES string of the molecule is COC(=O)CCc1ccc(OCc2ccc([N+](=O)[O-])cc2)c(Cl)c1. The van der Waals surface area contributed by atoms with Gasteiger partial charge in [-0.15, -0.1) is 0 Å². The van der Waals surface area contributed by atoms with Gasteiger partial charge in [-0.2, -0.15) is 0 Å². The third kappa shape index (κ3) is 4.96. The number of non-ortho nitro benzene ring substituents is 1. The third-order valence-electron chi connectivity index (χ3n) is 3.38. The van der Waals surface area contributed by atoms with Gasteiger partial charge in [0.25, 0.3) is 5.69 Å². The van der Waals surface area contributed by atoms with Gasteiger partial charge in [0.05, 0.1) is 17.1 Å². The zero-order chi connectivity index (χ0) is 17.5. The second-order valence-corrected chi connectivity index (χ2v) is 5.46. The van der Waals surface area contributed by atoms with Crippen molar-refractivity contribution in [1.82, 2.24) is 0 Å². The lowest BCUT2D eigenvalue weighted by molar-refractivity contribution is -0.384. The smallest absolute Gasteiger partial charge is 0.305 e. The highest BCUT2D eigenvalue weighted by Crippen LogP contribution is 2.27. The Labute approximate surface area is 144 Å². The van der Waals surface area contributed by atoms with Crippen LogP contribution >= 0.6 is 11.6 Å². The number of nitro benzene ring substituents is 1. The minimum atomic E-state index is -0.450. The van der Waals surface area contributed by atoms with E-state index in [2.05, 4.69) is 4.74 Å². The number of nitrogens with zero attached hydrogens (tertiary/aromatic N) is 1. The van der Waals surface area contributed by atoms with E-state index in [1.807, 2.05) is 6.07 Å². The number of hydrogen-bond donors (Lipinski definition) is 0. The average Bonchev–Trinajstić information content (AvgIpc) is 2.59. The molecule has 7 heteroatoms. The standard InChI is InChI=1S/C17H16ClNO5/c1-23-17(20)9-5-12-4-8-16(15(18)10-12)24-11-13-2-6-14(7-3-13)19(21)22/h2-4,6-8,10H,5,9,11H2,1H3. The monoisotopic (exact) mass is 349 g/mol. The van der Waals surface area contributed by atoms with Crippen LogP contribution in [0.3, 0.4) is 0 Å². The molecule has 0 N–H and O–H groups in total. The highest BCUT2D eigenvalue weighted by molar-refractivity contribution is 6.32. The molecule has 126 valence electrons. The van der Waals surface area contributed by atoms with Gasteiger partial charge in [0.1, 0.15) is 12.4 Å². The first-order valence-electron chi connectivity index (χ1n) is 7.21. The number of rotatable bonds is 7. The van der Waals surface area contributed by atoms with Crippen LogP contribution < -0.4 is 4.74 Å². The first-order chi connectivity index (χ1) is 11.5. The van der Waals surface area contributed by atoms with E-state index in [1.54, 1.807) is 24.3 Å². The van der Waals surface area contributed by atoms with E-state index in [4.69, 9.17) is 16.3 Å². The molecule has 0 aliphatic carbocycles. The van der Waals surface area contributed by atoms with Crippen molar-refractivity contribution >= 4 is 23.3 Å². The molecule has 0 saturated carbocycles. The summed E-state index contributed by atoms with van der Waals surface area (Å²) in [4.78, 5) is 21.3. The van der Waals surface area contributed by atoms with Crippen molar-refractivity contribution in [2.24, 2.45) is 0 Å². The van der Waals surface area contributed by atoms with Crippen LogP contribution in [0.4, 0.5) is 5.69 Å². The Balaban J connectivity index is 1.95. The quantitative estimate of drug-likeness (QED) is 0.430. The fourth-order valence-corrected chi connectivity index (χ4v) is 2.30. The Morgan fingerprint density at radius 1 is 1.17 bits per heavy atom. The van der Waals surface area contributed by atoms with E-state index in [-0.39, 0.29) is 24.7 Å². The summed E-state index contributed by atoms with van der Waals surface area (Å²) in [5.41, 5.74) is 1.74. The van der Waals surface area contributed by atoms with Crippen molar-refractivity contribution in [3.63, 3.8) is 0 Å². The predicted octanol–water partition coefficient (Wildman–Crippen LogP) is 3.93. The van der Waals surface area contributed by atoms with Crippen molar-refractivity contribution in [2.45, 2.75) is 19.4 Å². The van der Waals surface area contributed by atoms with Crippen LogP contribution in [-0.2, 0) is 22.6 Å². The van der Waals surface area contributed by atoms with Gasteiger partial charge in [0.15, 0.2) is 0 Å². The van der Waals surface area contributed by atoms with Crippen LogP contribution in [0.2, 0.25) is 5.02 Å². The molecule has 2 aromatic carbocycles. The van der Waals surface area contributed by atoms with E-state index >= 15 is 0 Å². The number of carbonyl (C=O) groups excluding carboxylic acids is 1. The molecule has 0 spiro atoms. The highest BCUT2D eigenvalue weighted by atomic mass is 35.5. The number of esters is 1.